The van der Waals surface area contributed by atoms with Crippen molar-refractivity contribution in [2.45, 2.75) is 6.92 Å². The maximum Gasteiger partial charge on any atom is 0.255 e. The third kappa shape index (κ3) is 3.53. The number of nitrogens with zero attached hydrogens (tertiary/aromatic N) is 1. The second kappa shape index (κ2) is 7.12. The van der Waals surface area contributed by atoms with Gasteiger partial charge in [-0.3, -0.25) is 9.59 Å². The monoisotopic (exact) mass is 330 g/mol. The molecule has 1 N–H and O–H groups in total. The summed E-state index contributed by atoms with van der Waals surface area (Å²) in [7, 11) is 4.66. The maximum atomic E-state index is 13.4. The Bertz CT molecular complexity index is 788. The van der Waals surface area contributed by atoms with E-state index in [4.69, 9.17) is 4.74 Å². The summed E-state index contributed by atoms with van der Waals surface area (Å²) in [5.74, 6) is -1.10. The molecule has 0 aliphatic heterocycles. The summed E-state index contributed by atoms with van der Waals surface area (Å²) in [6, 6.07) is 8.98. The Labute approximate surface area is 140 Å². The Morgan fingerprint density at radius 3 is 2.50 bits per heavy atom. The highest BCUT2D eigenvalue weighted by atomic mass is 19.1. The molecule has 126 valence electrons. The third-order valence-corrected chi connectivity index (χ3v) is 3.63. The van der Waals surface area contributed by atoms with E-state index in [0.717, 1.165) is 0 Å². The number of hydrogen-bond acceptors (Lipinski definition) is 3. The van der Waals surface area contributed by atoms with Crippen LogP contribution in [0.2, 0.25) is 0 Å². The standard InChI is InChI=1S/C18H19FN2O3/c1-11-13(18(23)21(2)3)6-5-7-15(11)20-17(22)12-8-9-14(19)16(10-12)24-4/h5-10H,1-4H3,(H,20,22). The fourth-order valence-electron chi connectivity index (χ4n) is 2.24. The van der Waals surface area contributed by atoms with Crippen molar-refractivity contribution in [3.05, 3.63) is 58.9 Å². The van der Waals surface area contributed by atoms with Crippen molar-refractivity contribution in [3.63, 3.8) is 0 Å². The van der Waals surface area contributed by atoms with Gasteiger partial charge in [-0.25, -0.2) is 4.39 Å². The van der Waals surface area contributed by atoms with E-state index in [1.165, 1.54) is 30.2 Å². The zero-order valence-corrected chi connectivity index (χ0v) is 14.0. The number of halogens is 1. The number of anilines is 1. The molecule has 2 aromatic rings. The van der Waals surface area contributed by atoms with Gasteiger partial charge in [0, 0.05) is 30.9 Å². The van der Waals surface area contributed by atoms with Crippen LogP contribution in [0.15, 0.2) is 36.4 Å². The van der Waals surface area contributed by atoms with Crippen LogP contribution in [-0.4, -0.2) is 37.9 Å². The van der Waals surface area contributed by atoms with Gasteiger partial charge in [-0.05, 0) is 42.8 Å². The number of hydrogen-bond donors (Lipinski definition) is 1. The molecule has 0 radical (unpaired) electrons. The van der Waals surface area contributed by atoms with E-state index in [1.807, 2.05) is 0 Å². The summed E-state index contributed by atoms with van der Waals surface area (Å²) in [6.45, 7) is 1.76. The van der Waals surface area contributed by atoms with Crippen LogP contribution in [0.5, 0.6) is 5.75 Å². The Hall–Kier alpha value is -2.89. The highest BCUT2D eigenvalue weighted by molar-refractivity contribution is 6.06. The van der Waals surface area contributed by atoms with E-state index < -0.39 is 11.7 Å². The number of ether oxygens (including phenoxy) is 1. The van der Waals surface area contributed by atoms with Crippen molar-refractivity contribution in [1.29, 1.82) is 0 Å². The van der Waals surface area contributed by atoms with Crippen molar-refractivity contribution in [2.24, 2.45) is 0 Å². The maximum absolute atomic E-state index is 13.4. The van der Waals surface area contributed by atoms with Crippen LogP contribution in [0.4, 0.5) is 10.1 Å². The second-order valence-corrected chi connectivity index (χ2v) is 5.48. The number of benzene rings is 2. The molecule has 0 heterocycles. The second-order valence-electron chi connectivity index (χ2n) is 5.48. The molecule has 0 unspecified atom stereocenters. The first-order valence-electron chi connectivity index (χ1n) is 7.31. The van der Waals surface area contributed by atoms with E-state index in [9.17, 15) is 14.0 Å². The van der Waals surface area contributed by atoms with Gasteiger partial charge in [0.05, 0.1) is 7.11 Å². The highest BCUT2D eigenvalue weighted by Gasteiger charge is 2.16. The number of amides is 2. The zero-order valence-electron chi connectivity index (χ0n) is 14.0. The van der Waals surface area contributed by atoms with E-state index in [0.29, 0.717) is 16.8 Å². The quantitative estimate of drug-likeness (QED) is 0.937. The fourth-order valence-corrected chi connectivity index (χ4v) is 2.24. The number of rotatable bonds is 4. The molecule has 0 saturated carbocycles. The third-order valence-electron chi connectivity index (χ3n) is 3.63. The van der Waals surface area contributed by atoms with E-state index in [2.05, 4.69) is 5.32 Å². The highest BCUT2D eigenvalue weighted by Crippen LogP contribution is 2.22. The predicted molar refractivity (Wildman–Crippen MR) is 90.1 cm³/mol. The fraction of sp³-hybridized carbons (Fsp3) is 0.222. The van der Waals surface area contributed by atoms with Crippen LogP contribution in [0.25, 0.3) is 0 Å². The molecule has 6 heteroatoms. The molecule has 0 aromatic heterocycles. The SMILES string of the molecule is COc1cc(C(=O)Nc2cccc(C(=O)N(C)C)c2C)ccc1F. The largest absolute Gasteiger partial charge is 0.494 e. The summed E-state index contributed by atoms with van der Waals surface area (Å²) in [4.78, 5) is 26.0. The molecular formula is C18H19FN2O3. The Balaban J connectivity index is 2.30. The van der Waals surface area contributed by atoms with Crippen LogP contribution in [0.1, 0.15) is 26.3 Å². The van der Waals surface area contributed by atoms with Crippen molar-refractivity contribution in [2.75, 3.05) is 26.5 Å². The lowest BCUT2D eigenvalue weighted by Crippen LogP contribution is -2.23. The smallest absolute Gasteiger partial charge is 0.255 e. The van der Waals surface area contributed by atoms with Gasteiger partial charge in [0.1, 0.15) is 0 Å². The molecule has 24 heavy (non-hydrogen) atoms. The van der Waals surface area contributed by atoms with Crippen LogP contribution >= 0.6 is 0 Å². The molecule has 0 spiro atoms. The first-order chi connectivity index (χ1) is 11.3. The molecule has 0 aliphatic rings. The average Bonchev–Trinajstić information content (AvgIpc) is 2.56. The summed E-state index contributed by atoms with van der Waals surface area (Å²) < 4.78 is 18.3. The minimum absolute atomic E-state index is 0.00379. The predicted octanol–water partition coefficient (Wildman–Crippen LogP) is 3.10. The van der Waals surface area contributed by atoms with E-state index in [-0.39, 0.29) is 17.2 Å². The molecule has 0 saturated heterocycles. The minimum atomic E-state index is -0.538. The molecule has 2 amide bonds. The summed E-state index contributed by atoms with van der Waals surface area (Å²) in [6.07, 6.45) is 0. The summed E-state index contributed by atoms with van der Waals surface area (Å²) >= 11 is 0. The molecule has 0 fully saturated rings. The van der Waals surface area contributed by atoms with E-state index >= 15 is 0 Å². The van der Waals surface area contributed by atoms with Crippen LogP contribution in [0, 0.1) is 12.7 Å². The molecule has 2 aromatic carbocycles. The topological polar surface area (TPSA) is 58.6 Å². The van der Waals surface area contributed by atoms with Gasteiger partial charge in [-0.15, -0.1) is 0 Å². The van der Waals surface area contributed by atoms with Gasteiger partial charge < -0.3 is 15.0 Å². The van der Waals surface area contributed by atoms with Crippen LogP contribution in [0.3, 0.4) is 0 Å². The normalized spacial score (nSPS) is 10.2. The van der Waals surface area contributed by atoms with Gasteiger partial charge in [-0.1, -0.05) is 6.07 Å². The lowest BCUT2D eigenvalue weighted by Gasteiger charge is -2.15. The average molecular weight is 330 g/mol. The molecular weight excluding hydrogens is 311 g/mol. The molecule has 5 nitrogen and oxygen atoms in total. The summed E-state index contributed by atoms with van der Waals surface area (Å²) in [5, 5.41) is 2.74. The van der Waals surface area contributed by atoms with Crippen molar-refractivity contribution < 1.29 is 18.7 Å². The van der Waals surface area contributed by atoms with Gasteiger partial charge in [0.2, 0.25) is 0 Å². The first kappa shape index (κ1) is 17.5. The van der Waals surface area contributed by atoms with Gasteiger partial charge >= 0.3 is 0 Å². The molecule has 0 atom stereocenters. The number of nitrogens with one attached hydrogen (secondary N) is 1. The lowest BCUT2D eigenvalue weighted by atomic mass is 10.1. The van der Waals surface area contributed by atoms with Crippen molar-refractivity contribution in [3.8, 4) is 5.75 Å². The molecule has 2 rings (SSSR count). The molecule has 0 bridgehead atoms. The van der Waals surface area contributed by atoms with Gasteiger partial charge in [0.15, 0.2) is 11.6 Å². The van der Waals surface area contributed by atoms with Crippen molar-refractivity contribution >= 4 is 17.5 Å². The van der Waals surface area contributed by atoms with E-state index in [1.54, 1.807) is 39.2 Å². The number of methoxy groups -OCH3 is 1. The summed E-state index contributed by atoms with van der Waals surface area (Å²) in [5.41, 5.74) is 1.96. The van der Waals surface area contributed by atoms with Gasteiger partial charge in [-0.2, -0.15) is 0 Å². The van der Waals surface area contributed by atoms with Crippen LogP contribution < -0.4 is 10.1 Å². The van der Waals surface area contributed by atoms with Crippen LogP contribution in [-0.2, 0) is 0 Å². The lowest BCUT2D eigenvalue weighted by molar-refractivity contribution is 0.0826. The zero-order chi connectivity index (χ0) is 17.9. The van der Waals surface area contributed by atoms with Crippen molar-refractivity contribution in [1.82, 2.24) is 4.90 Å². The Morgan fingerprint density at radius 1 is 1.17 bits per heavy atom. The first-order valence-corrected chi connectivity index (χ1v) is 7.31. The molecule has 0 aliphatic carbocycles. The number of carbonyl (C=O) groups excluding carboxylic acids is 2. The number of carbonyl (C=O) groups is 2. The minimum Gasteiger partial charge on any atom is -0.494 e. The Kier molecular flexibility index (Phi) is 5.18. The Morgan fingerprint density at radius 2 is 1.88 bits per heavy atom. The van der Waals surface area contributed by atoms with Gasteiger partial charge in [0.25, 0.3) is 11.8 Å².